The lowest BCUT2D eigenvalue weighted by atomic mass is 10.2. The van der Waals surface area contributed by atoms with Crippen LogP contribution in [0.25, 0.3) is 0 Å². The van der Waals surface area contributed by atoms with Crippen molar-refractivity contribution in [3.8, 4) is 0 Å². The highest BCUT2D eigenvalue weighted by Crippen LogP contribution is 2.24. The number of aryl methyl sites for hydroxylation is 2. The van der Waals surface area contributed by atoms with Crippen LogP contribution in [0, 0.1) is 6.92 Å². The Bertz CT molecular complexity index is 509. The summed E-state index contributed by atoms with van der Waals surface area (Å²) >= 11 is 1.83. The highest BCUT2D eigenvalue weighted by Gasteiger charge is 2.14. The normalized spacial score (nSPS) is 12.6. The van der Waals surface area contributed by atoms with Gasteiger partial charge in [0.1, 0.15) is 12.2 Å². The fourth-order valence-electron chi connectivity index (χ4n) is 1.79. The Kier molecular flexibility index (Phi) is 4.38. The monoisotopic (exact) mass is 262 g/mol. The minimum Gasteiger partial charge on any atom is -0.310 e. The van der Waals surface area contributed by atoms with Crippen LogP contribution in [0.1, 0.15) is 17.4 Å². The molecule has 1 atom stereocenters. The first-order chi connectivity index (χ1) is 8.70. The Balaban J connectivity index is 2.02. The molecule has 5 heteroatoms. The van der Waals surface area contributed by atoms with E-state index in [2.05, 4.69) is 46.6 Å². The second-order valence-electron chi connectivity index (χ2n) is 4.21. The molecular formula is C13H18N4S. The lowest BCUT2D eigenvalue weighted by Crippen LogP contribution is -2.22. The van der Waals surface area contributed by atoms with E-state index in [0.29, 0.717) is 0 Å². The molecule has 1 aromatic carbocycles. The van der Waals surface area contributed by atoms with Gasteiger partial charge in [0.25, 0.3) is 0 Å². The highest BCUT2D eigenvalue weighted by atomic mass is 32.2. The van der Waals surface area contributed by atoms with E-state index in [1.165, 1.54) is 10.5 Å². The lowest BCUT2D eigenvalue weighted by Gasteiger charge is -2.14. The van der Waals surface area contributed by atoms with Gasteiger partial charge in [-0.1, -0.05) is 17.7 Å². The molecule has 18 heavy (non-hydrogen) atoms. The number of hydrogen-bond acceptors (Lipinski definition) is 4. The zero-order chi connectivity index (χ0) is 13.0. The quantitative estimate of drug-likeness (QED) is 0.839. The first kappa shape index (κ1) is 13.1. The summed E-state index contributed by atoms with van der Waals surface area (Å²) in [5, 5.41) is 7.40. The van der Waals surface area contributed by atoms with Crippen LogP contribution in [-0.4, -0.2) is 27.6 Å². The third kappa shape index (κ3) is 3.11. The van der Waals surface area contributed by atoms with Crippen molar-refractivity contribution >= 4 is 11.8 Å². The average molecular weight is 262 g/mol. The molecule has 1 aromatic heterocycles. The third-order valence-corrected chi connectivity index (χ3v) is 3.90. The molecule has 2 aromatic rings. The van der Waals surface area contributed by atoms with Crippen molar-refractivity contribution in [1.29, 1.82) is 0 Å². The summed E-state index contributed by atoms with van der Waals surface area (Å²) in [6.07, 6.45) is 1.59. The molecule has 0 radical (unpaired) electrons. The predicted molar refractivity (Wildman–Crippen MR) is 74.7 cm³/mol. The molecule has 1 N–H and O–H groups in total. The van der Waals surface area contributed by atoms with Gasteiger partial charge in [-0.05, 0) is 26.1 Å². The van der Waals surface area contributed by atoms with Gasteiger partial charge in [-0.25, -0.2) is 4.98 Å². The summed E-state index contributed by atoms with van der Waals surface area (Å²) in [4.78, 5) is 5.58. The summed E-state index contributed by atoms with van der Waals surface area (Å²) in [6, 6.07) is 8.76. The maximum Gasteiger partial charge on any atom is 0.144 e. The van der Waals surface area contributed by atoms with E-state index in [4.69, 9.17) is 0 Å². The van der Waals surface area contributed by atoms with Gasteiger partial charge in [-0.2, -0.15) is 5.10 Å². The fourth-order valence-corrected chi connectivity index (χ4v) is 2.91. The number of nitrogens with one attached hydrogen (secondary N) is 1. The third-order valence-electron chi connectivity index (χ3n) is 2.81. The first-order valence-electron chi connectivity index (χ1n) is 5.91. The van der Waals surface area contributed by atoms with Gasteiger partial charge in [0.05, 0.1) is 6.04 Å². The van der Waals surface area contributed by atoms with Crippen LogP contribution >= 0.6 is 11.8 Å². The molecule has 0 saturated carbocycles. The van der Waals surface area contributed by atoms with Crippen LogP contribution in [-0.2, 0) is 7.05 Å². The summed E-state index contributed by atoms with van der Waals surface area (Å²) < 4.78 is 1.82. The summed E-state index contributed by atoms with van der Waals surface area (Å²) in [7, 11) is 3.88. The SMILES string of the molecule is CNC(CSc1cccc(C)c1)c1ncnn1C. The molecule has 0 aliphatic carbocycles. The number of rotatable bonds is 5. The molecule has 4 nitrogen and oxygen atoms in total. The summed E-state index contributed by atoms with van der Waals surface area (Å²) in [5.41, 5.74) is 1.29. The summed E-state index contributed by atoms with van der Waals surface area (Å²) in [5.74, 6) is 1.91. The Morgan fingerprint density at radius 1 is 1.44 bits per heavy atom. The van der Waals surface area contributed by atoms with Crippen LogP contribution in [0.5, 0.6) is 0 Å². The first-order valence-corrected chi connectivity index (χ1v) is 6.90. The van der Waals surface area contributed by atoms with Crippen molar-refractivity contribution in [3.05, 3.63) is 42.0 Å². The maximum absolute atomic E-state index is 4.29. The van der Waals surface area contributed by atoms with E-state index in [-0.39, 0.29) is 6.04 Å². The Labute approximate surface area is 112 Å². The van der Waals surface area contributed by atoms with Crippen LogP contribution in [0.4, 0.5) is 0 Å². The van der Waals surface area contributed by atoms with Crippen LogP contribution in [0.2, 0.25) is 0 Å². The van der Waals surface area contributed by atoms with E-state index < -0.39 is 0 Å². The zero-order valence-electron chi connectivity index (χ0n) is 10.9. The van der Waals surface area contributed by atoms with Crippen molar-refractivity contribution in [3.63, 3.8) is 0 Å². The molecule has 2 rings (SSSR count). The van der Waals surface area contributed by atoms with E-state index in [9.17, 15) is 0 Å². The van der Waals surface area contributed by atoms with Crippen molar-refractivity contribution in [2.75, 3.05) is 12.8 Å². The number of aromatic nitrogens is 3. The molecular weight excluding hydrogens is 244 g/mol. The van der Waals surface area contributed by atoms with E-state index >= 15 is 0 Å². The van der Waals surface area contributed by atoms with Gasteiger partial charge in [0, 0.05) is 17.7 Å². The topological polar surface area (TPSA) is 42.7 Å². The minimum atomic E-state index is 0.211. The van der Waals surface area contributed by atoms with Gasteiger partial charge in [0.2, 0.25) is 0 Å². The molecule has 0 bridgehead atoms. The Hall–Kier alpha value is -1.33. The molecule has 0 spiro atoms. The van der Waals surface area contributed by atoms with Crippen molar-refractivity contribution in [2.24, 2.45) is 7.05 Å². The van der Waals surface area contributed by atoms with Gasteiger partial charge in [-0.3, -0.25) is 4.68 Å². The van der Waals surface area contributed by atoms with Gasteiger partial charge >= 0.3 is 0 Å². The van der Waals surface area contributed by atoms with Crippen LogP contribution in [0.3, 0.4) is 0 Å². The molecule has 96 valence electrons. The largest absolute Gasteiger partial charge is 0.310 e. The maximum atomic E-state index is 4.29. The average Bonchev–Trinajstić information content (AvgIpc) is 2.77. The second kappa shape index (κ2) is 6.02. The van der Waals surface area contributed by atoms with E-state index in [1.807, 2.05) is 30.5 Å². The Morgan fingerprint density at radius 3 is 2.89 bits per heavy atom. The van der Waals surface area contributed by atoms with Crippen molar-refractivity contribution in [2.45, 2.75) is 17.9 Å². The lowest BCUT2D eigenvalue weighted by molar-refractivity contribution is 0.571. The minimum absolute atomic E-state index is 0.211. The molecule has 0 saturated heterocycles. The molecule has 1 unspecified atom stereocenters. The predicted octanol–water partition coefficient (Wildman–Crippen LogP) is 2.18. The number of hydrogen-bond donors (Lipinski definition) is 1. The van der Waals surface area contributed by atoms with Gasteiger partial charge in [0.15, 0.2) is 0 Å². The fraction of sp³-hybridized carbons (Fsp3) is 0.385. The molecule has 0 aliphatic heterocycles. The zero-order valence-corrected chi connectivity index (χ0v) is 11.7. The summed E-state index contributed by atoms with van der Waals surface area (Å²) in [6.45, 7) is 2.11. The van der Waals surface area contributed by atoms with Gasteiger partial charge in [-0.15, -0.1) is 11.8 Å². The molecule has 0 amide bonds. The van der Waals surface area contributed by atoms with E-state index in [0.717, 1.165) is 11.6 Å². The molecule has 0 aliphatic rings. The molecule has 0 fully saturated rings. The number of thioether (sulfide) groups is 1. The van der Waals surface area contributed by atoms with Crippen LogP contribution in [0.15, 0.2) is 35.5 Å². The standard InChI is InChI=1S/C13H18N4S/c1-10-5-4-6-11(7-10)18-8-12(14-2)13-15-9-16-17(13)3/h4-7,9,12,14H,8H2,1-3H3. The van der Waals surface area contributed by atoms with E-state index in [1.54, 1.807) is 6.33 Å². The van der Waals surface area contributed by atoms with Crippen molar-refractivity contribution < 1.29 is 0 Å². The Morgan fingerprint density at radius 2 is 2.28 bits per heavy atom. The number of nitrogens with zero attached hydrogens (tertiary/aromatic N) is 3. The smallest absolute Gasteiger partial charge is 0.144 e. The van der Waals surface area contributed by atoms with Crippen molar-refractivity contribution in [1.82, 2.24) is 20.1 Å². The van der Waals surface area contributed by atoms with Crippen LogP contribution < -0.4 is 5.32 Å². The molecule has 1 heterocycles. The highest BCUT2D eigenvalue weighted by molar-refractivity contribution is 7.99. The second-order valence-corrected chi connectivity index (χ2v) is 5.30. The van der Waals surface area contributed by atoms with Gasteiger partial charge < -0.3 is 5.32 Å². The number of benzene rings is 1.